The molecule has 1 amide bonds. The highest BCUT2D eigenvalue weighted by molar-refractivity contribution is 6.31. The molecule has 0 aromatic heterocycles. The molecule has 2 aromatic carbocycles. The Morgan fingerprint density at radius 1 is 1.26 bits per heavy atom. The van der Waals surface area contributed by atoms with Crippen molar-refractivity contribution in [2.24, 2.45) is 0 Å². The fourth-order valence-corrected chi connectivity index (χ4v) is 3.38. The second kappa shape index (κ2) is 6.71. The molecule has 1 aliphatic rings. The van der Waals surface area contributed by atoms with E-state index in [4.69, 9.17) is 11.6 Å². The van der Waals surface area contributed by atoms with E-state index in [0.29, 0.717) is 11.6 Å². The molecule has 0 saturated carbocycles. The molecular weight excluding hydrogens is 313 g/mol. The SMILES string of the molecule is Cc1ccc(C2CCCN2C(=O)Cc2c(F)cccc2Cl)cc1. The van der Waals surface area contributed by atoms with E-state index in [1.54, 1.807) is 12.1 Å². The van der Waals surface area contributed by atoms with Gasteiger partial charge in [-0.05, 0) is 37.5 Å². The molecule has 2 aromatic rings. The Hall–Kier alpha value is -1.87. The summed E-state index contributed by atoms with van der Waals surface area (Å²) in [5.41, 5.74) is 2.62. The maximum atomic E-state index is 13.9. The Morgan fingerprint density at radius 2 is 2.00 bits per heavy atom. The Bertz CT molecular complexity index is 694. The van der Waals surface area contributed by atoms with E-state index in [-0.39, 0.29) is 23.9 Å². The van der Waals surface area contributed by atoms with Crippen LogP contribution >= 0.6 is 11.6 Å². The molecule has 0 bridgehead atoms. The zero-order chi connectivity index (χ0) is 16.4. The number of carbonyl (C=O) groups is 1. The predicted molar refractivity (Wildman–Crippen MR) is 90.0 cm³/mol. The van der Waals surface area contributed by atoms with Crippen molar-refractivity contribution in [1.82, 2.24) is 4.90 Å². The molecule has 120 valence electrons. The molecule has 1 fully saturated rings. The maximum absolute atomic E-state index is 13.9. The van der Waals surface area contributed by atoms with Gasteiger partial charge in [0.1, 0.15) is 5.82 Å². The van der Waals surface area contributed by atoms with Crippen LogP contribution in [0.15, 0.2) is 42.5 Å². The monoisotopic (exact) mass is 331 g/mol. The summed E-state index contributed by atoms with van der Waals surface area (Å²) in [5.74, 6) is -0.489. The fraction of sp³-hybridized carbons (Fsp3) is 0.316. The van der Waals surface area contributed by atoms with Crippen molar-refractivity contribution in [3.05, 3.63) is 70.0 Å². The van der Waals surface area contributed by atoms with E-state index < -0.39 is 5.82 Å². The average Bonchev–Trinajstić information content (AvgIpc) is 3.01. The van der Waals surface area contributed by atoms with Crippen LogP contribution in [0, 0.1) is 12.7 Å². The van der Waals surface area contributed by atoms with Crippen molar-refractivity contribution in [2.45, 2.75) is 32.2 Å². The number of benzene rings is 2. The third-order valence-electron chi connectivity index (χ3n) is 4.42. The molecule has 1 atom stereocenters. The van der Waals surface area contributed by atoms with Gasteiger partial charge < -0.3 is 4.90 Å². The van der Waals surface area contributed by atoms with Crippen LogP contribution in [0.25, 0.3) is 0 Å². The Balaban J connectivity index is 1.80. The molecule has 23 heavy (non-hydrogen) atoms. The van der Waals surface area contributed by atoms with E-state index >= 15 is 0 Å². The van der Waals surface area contributed by atoms with E-state index in [0.717, 1.165) is 18.4 Å². The van der Waals surface area contributed by atoms with Gasteiger partial charge in [-0.2, -0.15) is 0 Å². The molecule has 1 aliphatic heterocycles. The Labute approximate surface area is 140 Å². The van der Waals surface area contributed by atoms with Gasteiger partial charge >= 0.3 is 0 Å². The number of hydrogen-bond donors (Lipinski definition) is 0. The lowest BCUT2D eigenvalue weighted by atomic mass is 10.0. The molecule has 0 radical (unpaired) electrons. The lowest BCUT2D eigenvalue weighted by Gasteiger charge is -2.25. The van der Waals surface area contributed by atoms with E-state index in [1.165, 1.54) is 11.6 Å². The van der Waals surface area contributed by atoms with Gasteiger partial charge in [0.05, 0.1) is 12.5 Å². The first-order valence-electron chi connectivity index (χ1n) is 7.85. The van der Waals surface area contributed by atoms with E-state index in [1.807, 2.05) is 11.8 Å². The second-order valence-electron chi connectivity index (χ2n) is 6.03. The molecular formula is C19H19ClFNO. The quantitative estimate of drug-likeness (QED) is 0.798. The van der Waals surface area contributed by atoms with Crippen LogP contribution in [0.4, 0.5) is 4.39 Å². The molecule has 0 aliphatic carbocycles. The number of hydrogen-bond acceptors (Lipinski definition) is 1. The van der Waals surface area contributed by atoms with Crippen LogP contribution in [-0.4, -0.2) is 17.4 Å². The lowest BCUT2D eigenvalue weighted by Crippen LogP contribution is -2.32. The van der Waals surface area contributed by atoms with Crippen molar-refractivity contribution in [2.75, 3.05) is 6.54 Å². The minimum atomic E-state index is -0.420. The number of nitrogens with zero attached hydrogens (tertiary/aromatic N) is 1. The molecule has 4 heteroatoms. The summed E-state index contributed by atoms with van der Waals surface area (Å²) in [7, 11) is 0. The Kier molecular flexibility index (Phi) is 4.67. The standard InChI is InChI=1S/C19H19ClFNO/c1-13-7-9-14(10-8-13)18-6-3-11-22(18)19(23)12-15-16(20)4-2-5-17(15)21/h2,4-5,7-10,18H,3,6,11-12H2,1H3. The van der Waals surface area contributed by atoms with Crippen molar-refractivity contribution >= 4 is 17.5 Å². The van der Waals surface area contributed by atoms with Crippen LogP contribution in [0.5, 0.6) is 0 Å². The highest BCUT2D eigenvalue weighted by Crippen LogP contribution is 2.33. The number of amides is 1. The highest BCUT2D eigenvalue weighted by Gasteiger charge is 2.30. The zero-order valence-electron chi connectivity index (χ0n) is 13.1. The zero-order valence-corrected chi connectivity index (χ0v) is 13.8. The van der Waals surface area contributed by atoms with Gasteiger partial charge in [0.2, 0.25) is 5.91 Å². The number of rotatable bonds is 3. The molecule has 3 rings (SSSR count). The van der Waals surface area contributed by atoms with Gasteiger partial charge in [-0.3, -0.25) is 4.79 Å². The van der Waals surface area contributed by atoms with Crippen molar-refractivity contribution in [3.63, 3.8) is 0 Å². The maximum Gasteiger partial charge on any atom is 0.227 e. The van der Waals surface area contributed by atoms with Gasteiger partial charge in [0, 0.05) is 17.1 Å². The summed E-state index contributed by atoms with van der Waals surface area (Å²) in [6, 6.07) is 12.9. The molecule has 1 heterocycles. The van der Waals surface area contributed by atoms with E-state index in [2.05, 4.69) is 24.3 Å². The first-order chi connectivity index (χ1) is 11.1. The van der Waals surface area contributed by atoms with Crippen LogP contribution in [0.1, 0.15) is 35.6 Å². The second-order valence-corrected chi connectivity index (χ2v) is 6.44. The lowest BCUT2D eigenvalue weighted by molar-refractivity contribution is -0.131. The number of likely N-dealkylation sites (tertiary alicyclic amines) is 1. The van der Waals surface area contributed by atoms with E-state index in [9.17, 15) is 9.18 Å². The van der Waals surface area contributed by atoms with Crippen molar-refractivity contribution in [3.8, 4) is 0 Å². The minimum absolute atomic E-state index is 0.00781. The number of carbonyl (C=O) groups excluding carboxylic acids is 1. The average molecular weight is 332 g/mol. The summed E-state index contributed by atoms with van der Waals surface area (Å²) in [4.78, 5) is 14.5. The molecule has 0 spiro atoms. The third kappa shape index (κ3) is 3.40. The van der Waals surface area contributed by atoms with Crippen LogP contribution in [0.3, 0.4) is 0 Å². The van der Waals surface area contributed by atoms with Gasteiger partial charge in [-0.15, -0.1) is 0 Å². The summed E-state index contributed by atoms with van der Waals surface area (Å²) in [6.07, 6.45) is 1.92. The number of aryl methyl sites for hydroxylation is 1. The smallest absolute Gasteiger partial charge is 0.227 e. The van der Waals surface area contributed by atoms with Gasteiger partial charge in [0.25, 0.3) is 0 Å². The molecule has 1 saturated heterocycles. The van der Waals surface area contributed by atoms with Gasteiger partial charge in [-0.25, -0.2) is 4.39 Å². The topological polar surface area (TPSA) is 20.3 Å². The molecule has 1 unspecified atom stereocenters. The van der Waals surface area contributed by atoms with Crippen LogP contribution in [0.2, 0.25) is 5.02 Å². The summed E-state index contributed by atoms with van der Waals surface area (Å²) in [6.45, 7) is 2.75. The van der Waals surface area contributed by atoms with Gasteiger partial charge in [-0.1, -0.05) is 47.5 Å². The largest absolute Gasteiger partial charge is 0.335 e. The summed E-state index contributed by atoms with van der Waals surface area (Å²) >= 11 is 6.04. The normalized spacial score (nSPS) is 17.5. The number of halogens is 2. The Morgan fingerprint density at radius 3 is 2.70 bits per heavy atom. The van der Waals surface area contributed by atoms with Crippen LogP contribution in [-0.2, 0) is 11.2 Å². The summed E-state index contributed by atoms with van der Waals surface area (Å²) < 4.78 is 13.9. The molecule has 0 N–H and O–H groups in total. The highest BCUT2D eigenvalue weighted by atomic mass is 35.5. The van der Waals surface area contributed by atoms with Crippen molar-refractivity contribution in [1.29, 1.82) is 0 Å². The fourth-order valence-electron chi connectivity index (χ4n) is 3.15. The van der Waals surface area contributed by atoms with Crippen molar-refractivity contribution < 1.29 is 9.18 Å². The first-order valence-corrected chi connectivity index (χ1v) is 8.23. The molecule has 2 nitrogen and oxygen atoms in total. The van der Waals surface area contributed by atoms with Crippen LogP contribution < -0.4 is 0 Å². The third-order valence-corrected chi connectivity index (χ3v) is 4.78. The predicted octanol–water partition coefficient (Wildman–Crippen LogP) is 4.69. The first kappa shape index (κ1) is 16.0. The van der Waals surface area contributed by atoms with Gasteiger partial charge in [0.15, 0.2) is 0 Å². The minimum Gasteiger partial charge on any atom is -0.335 e. The summed E-state index contributed by atoms with van der Waals surface area (Å²) in [5, 5.41) is 0.310.